The molecule has 3 aliphatic rings. The van der Waals surface area contributed by atoms with E-state index in [0.717, 1.165) is 19.4 Å². The molecule has 3 atom stereocenters. The summed E-state index contributed by atoms with van der Waals surface area (Å²) in [6.07, 6.45) is 2.88. The lowest BCUT2D eigenvalue weighted by Gasteiger charge is -2.35. The fraction of sp³-hybridized carbons (Fsp3) is 0.520. The third-order valence-corrected chi connectivity index (χ3v) is 10.4. The van der Waals surface area contributed by atoms with Gasteiger partial charge in [-0.3, -0.25) is 19.0 Å². The molecular weight excluding hydrogens is 510 g/mol. The lowest BCUT2D eigenvalue weighted by molar-refractivity contribution is -0.144. The highest BCUT2D eigenvalue weighted by atomic mass is 35.5. The number of halogens is 1. The van der Waals surface area contributed by atoms with Gasteiger partial charge in [0, 0.05) is 29.4 Å². The highest BCUT2D eigenvalue weighted by Crippen LogP contribution is 2.64. The van der Waals surface area contributed by atoms with Gasteiger partial charge in [0.25, 0.3) is 10.1 Å². The van der Waals surface area contributed by atoms with Crippen LogP contribution >= 0.6 is 22.9 Å². The largest absolute Gasteiger partial charge is 0.480 e. The first kappa shape index (κ1) is 26.3. The molecule has 7 nitrogen and oxygen atoms in total. The predicted molar refractivity (Wildman–Crippen MR) is 135 cm³/mol. The van der Waals surface area contributed by atoms with E-state index < -0.39 is 33.3 Å². The molecule has 1 aromatic carbocycles. The molecule has 2 aromatic rings. The van der Waals surface area contributed by atoms with Crippen LogP contribution < -0.4 is 0 Å². The first-order chi connectivity index (χ1) is 16.4. The molecule has 2 unspecified atom stereocenters. The number of aliphatic carboxylic acids is 1. The van der Waals surface area contributed by atoms with Crippen LogP contribution in [-0.4, -0.2) is 47.0 Å². The van der Waals surface area contributed by atoms with Gasteiger partial charge in [-0.15, -0.1) is 11.3 Å². The summed E-state index contributed by atoms with van der Waals surface area (Å²) in [5.41, 5.74) is 0.783. The summed E-state index contributed by atoms with van der Waals surface area (Å²) >= 11 is 7.92. The van der Waals surface area contributed by atoms with E-state index in [9.17, 15) is 23.1 Å². The Kier molecular flexibility index (Phi) is 7.20. The molecule has 190 valence electrons. The fourth-order valence-corrected chi connectivity index (χ4v) is 8.52. The normalized spacial score (nSPS) is 26.1. The second-order valence-electron chi connectivity index (χ2n) is 10.2. The zero-order valence-electron chi connectivity index (χ0n) is 19.7. The maximum Gasteiger partial charge on any atom is 0.325 e. The molecule has 0 radical (unpaired) electrons. The van der Waals surface area contributed by atoms with Gasteiger partial charge in [0.2, 0.25) is 0 Å². The van der Waals surface area contributed by atoms with E-state index in [2.05, 4.69) is 11.4 Å². The summed E-state index contributed by atoms with van der Waals surface area (Å²) in [6.45, 7) is 5.30. The average Bonchev–Trinajstić information content (AvgIpc) is 3.37. The molecule has 2 bridgehead atoms. The van der Waals surface area contributed by atoms with Crippen molar-refractivity contribution in [2.75, 3.05) is 12.3 Å². The van der Waals surface area contributed by atoms with Gasteiger partial charge in [0.1, 0.15) is 11.8 Å². The van der Waals surface area contributed by atoms with Gasteiger partial charge in [-0.1, -0.05) is 43.6 Å². The maximum atomic E-state index is 11.9. The van der Waals surface area contributed by atoms with E-state index in [1.54, 1.807) is 23.5 Å². The Morgan fingerprint density at radius 1 is 1.29 bits per heavy atom. The van der Waals surface area contributed by atoms with Crippen molar-refractivity contribution in [2.24, 2.45) is 16.7 Å². The fourth-order valence-electron chi connectivity index (χ4n) is 6.09. The molecule has 0 spiro atoms. The van der Waals surface area contributed by atoms with Crippen molar-refractivity contribution >= 4 is 44.8 Å². The number of thiophene rings is 1. The summed E-state index contributed by atoms with van der Waals surface area (Å²) in [7, 11) is -4.08. The highest BCUT2D eigenvalue weighted by Gasteiger charge is 2.65. The van der Waals surface area contributed by atoms with Gasteiger partial charge in [-0.2, -0.15) is 8.42 Å². The Hall–Kier alpha value is -1.78. The van der Waals surface area contributed by atoms with Crippen molar-refractivity contribution in [3.63, 3.8) is 0 Å². The Morgan fingerprint density at radius 3 is 2.57 bits per heavy atom. The van der Waals surface area contributed by atoms with Gasteiger partial charge in [-0.05, 0) is 59.2 Å². The number of carbonyl (C=O) groups is 2. The third kappa shape index (κ3) is 4.93. The molecule has 2 fully saturated rings. The lowest BCUT2D eigenvalue weighted by Crippen LogP contribution is -2.42. The second-order valence-corrected chi connectivity index (χ2v) is 13.1. The summed E-state index contributed by atoms with van der Waals surface area (Å²) in [4.78, 5) is 26.9. The van der Waals surface area contributed by atoms with Crippen LogP contribution in [0.15, 0.2) is 35.7 Å². The molecule has 1 aliphatic heterocycles. The number of hydrogen-bond acceptors (Lipinski definition) is 6. The number of carbonyl (C=O) groups excluding carboxylic acids is 1. The van der Waals surface area contributed by atoms with Crippen LogP contribution in [0.1, 0.15) is 55.2 Å². The van der Waals surface area contributed by atoms with Crippen LogP contribution in [0.5, 0.6) is 0 Å². The molecule has 1 aromatic heterocycles. The molecular formula is C25H30ClNO6S2. The van der Waals surface area contributed by atoms with Gasteiger partial charge in [0.05, 0.1) is 11.2 Å². The number of Topliss-reactive ketones (excluding diaryl/α,β-unsaturated/α-hetero) is 1. The zero-order chi connectivity index (χ0) is 25.6. The van der Waals surface area contributed by atoms with Crippen LogP contribution in [-0.2, 0) is 32.7 Å². The maximum absolute atomic E-state index is 11.9. The topological polar surface area (TPSA) is 112 Å². The minimum atomic E-state index is -4.08. The van der Waals surface area contributed by atoms with Gasteiger partial charge in [0.15, 0.2) is 0 Å². The van der Waals surface area contributed by atoms with Crippen molar-refractivity contribution < 1.29 is 27.7 Å². The SMILES string of the molecule is CC1(C)C2CCC1(CS(=O)(=O)O)C(=O)C2.O=C(O)[C@H](c1ccccc1Cl)N1CCc2sccc2C1. The summed E-state index contributed by atoms with van der Waals surface area (Å²) in [5.74, 6) is -0.951. The number of fused-ring (bicyclic) bond motifs is 3. The second kappa shape index (κ2) is 9.59. The van der Waals surface area contributed by atoms with Crippen molar-refractivity contribution in [1.29, 1.82) is 0 Å². The van der Waals surface area contributed by atoms with Crippen LogP contribution in [0.2, 0.25) is 5.02 Å². The average molecular weight is 540 g/mol. The number of rotatable bonds is 5. The summed E-state index contributed by atoms with van der Waals surface area (Å²) in [6, 6.07) is 8.58. The molecule has 2 heterocycles. The zero-order valence-corrected chi connectivity index (χ0v) is 22.1. The molecule has 5 rings (SSSR count). The Bertz CT molecular complexity index is 1240. The van der Waals surface area contributed by atoms with Gasteiger partial charge >= 0.3 is 5.97 Å². The quantitative estimate of drug-likeness (QED) is 0.522. The van der Waals surface area contributed by atoms with Crippen molar-refractivity contribution in [2.45, 2.75) is 52.1 Å². The minimum Gasteiger partial charge on any atom is -0.480 e. The molecule has 2 saturated carbocycles. The van der Waals surface area contributed by atoms with Gasteiger partial charge in [-0.25, -0.2) is 0 Å². The first-order valence-electron chi connectivity index (χ1n) is 11.6. The minimum absolute atomic E-state index is 0.0152. The highest BCUT2D eigenvalue weighted by molar-refractivity contribution is 7.85. The number of nitrogens with zero attached hydrogens (tertiary/aromatic N) is 1. The van der Waals surface area contributed by atoms with E-state index in [1.807, 2.05) is 30.9 Å². The molecule has 10 heteroatoms. The number of carboxylic acids is 1. The van der Waals surface area contributed by atoms with Crippen LogP contribution in [0, 0.1) is 16.7 Å². The molecule has 0 saturated heterocycles. The number of hydrogen-bond donors (Lipinski definition) is 2. The van der Waals surface area contributed by atoms with Crippen LogP contribution in [0.3, 0.4) is 0 Å². The smallest absolute Gasteiger partial charge is 0.325 e. The first-order valence-corrected chi connectivity index (χ1v) is 14.5. The van der Waals surface area contributed by atoms with E-state index in [0.29, 0.717) is 30.0 Å². The third-order valence-electron chi connectivity index (χ3n) is 8.20. The molecule has 2 aliphatic carbocycles. The Morgan fingerprint density at radius 2 is 2.00 bits per heavy atom. The summed E-state index contributed by atoms with van der Waals surface area (Å²) in [5, 5.41) is 12.2. The monoisotopic (exact) mass is 539 g/mol. The standard InChI is InChI=1S/C15H14ClNO2S.C10H16O4S/c16-12-4-2-1-3-11(12)14(15(18)19)17-7-5-13-10(9-17)6-8-20-13;1-9(2)7-3-4-10(9,8(11)5-7)6-15(12,13)14/h1-4,6,8,14H,5,7,9H2,(H,18,19);7H,3-6H2,1-2H3,(H,12,13,14)/t14-;/m0./s1. The molecule has 0 amide bonds. The van der Waals surface area contributed by atoms with Crippen molar-refractivity contribution in [3.8, 4) is 0 Å². The molecule has 35 heavy (non-hydrogen) atoms. The van der Waals surface area contributed by atoms with Crippen LogP contribution in [0.4, 0.5) is 0 Å². The van der Waals surface area contributed by atoms with Crippen LogP contribution in [0.25, 0.3) is 0 Å². The van der Waals surface area contributed by atoms with E-state index in [-0.39, 0.29) is 17.1 Å². The number of ketones is 1. The molecule has 2 N–H and O–H groups in total. The number of benzene rings is 1. The summed E-state index contributed by atoms with van der Waals surface area (Å²) < 4.78 is 31.0. The van der Waals surface area contributed by atoms with E-state index >= 15 is 0 Å². The number of carboxylic acid groups (broad SMARTS) is 1. The lowest BCUT2D eigenvalue weighted by atomic mass is 9.70. The Balaban J connectivity index is 0.000000172. The van der Waals surface area contributed by atoms with Crippen molar-refractivity contribution in [3.05, 3.63) is 56.7 Å². The Labute approximate surface area is 214 Å². The van der Waals surface area contributed by atoms with E-state index in [1.165, 1.54) is 10.4 Å². The van der Waals surface area contributed by atoms with Crippen molar-refractivity contribution in [1.82, 2.24) is 4.90 Å². The van der Waals surface area contributed by atoms with Gasteiger partial charge < -0.3 is 5.11 Å². The van der Waals surface area contributed by atoms with E-state index in [4.69, 9.17) is 16.2 Å². The predicted octanol–water partition coefficient (Wildman–Crippen LogP) is 4.86.